The Balaban J connectivity index is 3.51. The molecule has 0 radical (unpaired) electrons. The predicted molar refractivity (Wildman–Crippen MR) is 125 cm³/mol. The summed E-state index contributed by atoms with van der Waals surface area (Å²) in [6.45, 7) is 30.5. The maximum Gasteiger partial charge on any atom is 0.124 e. The first kappa shape index (κ1) is 26.3. The van der Waals surface area contributed by atoms with E-state index in [0.29, 0.717) is 10.1 Å². The Hall–Kier alpha value is 0.274. The standard InChI is InChI=1S/C20H50N4Si2/c1-19(2,3)25(7,8)23-15-11-13-21-17-18-22-14-12-16-24-26(9,10)20(4,5)6/h21-24H,11-18H2,1-10H3. The molecule has 0 amide bonds. The van der Waals surface area contributed by atoms with Crippen molar-refractivity contribution in [2.45, 2.75) is 90.6 Å². The fourth-order valence-corrected chi connectivity index (χ4v) is 4.85. The first-order chi connectivity index (χ1) is 11.7. The van der Waals surface area contributed by atoms with Gasteiger partial charge in [-0.3, -0.25) is 0 Å². The van der Waals surface area contributed by atoms with Crippen LogP contribution in [0.4, 0.5) is 0 Å². The average molecular weight is 403 g/mol. The van der Waals surface area contributed by atoms with Gasteiger partial charge in [0, 0.05) is 13.1 Å². The van der Waals surface area contributed by atoms with Gasteiger partial charge in [0.15, 0.2) is 0 Å². The quantitative estimate of drug-likeness (QED) is 0.276. The molecule has 0 aromatic rings. The van der Waals surface area contributed by atoms with E-state index in [9.17, 15) is 0 Å². The second kappa shape index (κ2) is 11.3. The van der Waals surface area contributed by atoms with Gasteiger partial charge in [0.2, 0.25) is 0 Å². The highest BCUT2D eigenvalue weighted by molar-refractivity contribution is 6.78. The van der Waals surface area contributed by atoms with Gasteiger partial charge in [-0.05, 0) is 49.1 Å². The molecule has 26 heavy (non-hydrogen) atoms. The van der Waals surface area contributed by atoms with Crippen LogP contribution >= 0.6 is 0 Å². The third kappa shape index (κ3) is 10.6. The van der Waals surface area contributed by atoms with Crippen molar-refractivity contribution in [1.29, 1.82) is 0 Å². The highest BCUT2D eigenvalue weighted by atomic mass is 28.3. The number of nitrogens with one attached hydrogen (secondary N) is 4. The predicted octanol–water partition coefficient (Wildman–Crippen LogP) is 4.14. The van der Waals surface area contributed by atoms with Gasteiger partial charge in [-0.2, -0.15) is 0 Å². The zero-order chi connectivity index (χ0) is 20.5. The van der Waals surface area contributed by atoms with E-state index in [1.54, 1.807) is 0 Å². The van der Waals surface area contributed by atoms with E-state index in [0.717, 1.165) is 39.3 Å². The zero-order valence-corrected chi connectivity index (χ0v) is 21.7. The van der Waals surface area contributed by atoms with Crippen LogP contribution in [0.5, 0.6) is 0 Å². The molecule has 0 saturated carbocycles. The Kier molecular flexibility index (Phi) is 11.4. The smallest absolute Gasteiger partial charge is 0.124 e. The highest BCUT2D eigenvalue weighted by Crippen LogP contribution is 2.34. The minimum absolute atomic E-state index is 0.420. The van der Waals surface area contributed by atoms with Gasteiger partial charge in [0.1, 0.15) is 16.5 Å². The number of hydrogen-bond acceptors (Lipinski definition) is 4. The van der Waals surface area contributed by atoms with Crippen LogP contribution in [0.3, 0.4) is 0 Å². The van der Waals surface area contributed by atoms with Crippen LogP contribution in [0.1, 0.15) is 54.4 Å². The summed E-state index contributed by atoms with van der Waals surface area (Å²) in [4.78, 5) is 7.65. The monoisotopic (exact) mass is 402 g/mol. The van der Waals surface area contributed by atoms with Gasteiger partial charge in [-0.1, -0.05) is 67.7 Å². The molecule has 0 rings (SSSR count). The maximum absolute atomic E-state index is 3.83. The van der Waals surface area contributed by atoms with Crippen LogP contribution in [-0.2, 0) is 0 Å². The summed E-state index contributed by atoms with van der Waals surface area (Å²) in [7, 11) is -2.64. The molecule has 0 spiro atoms. The Morgan fingerprint density at radius 1 is 0.500 bits per heavy atom. The van der Waals surface area contributed by atoms with Crippen molar-refractivity contribution in [2.75, 3.05) is 39.3 Å². The highest BCUT2D eigenvalue weighted by Gasteiger charge is 2.35. The van der Waals surface area contributed by atoms with Gasteiger partial charge < -0.3 is 20.6 Å². The molecular formula is C20H50N4Si2. The molecule has 0 aliphatic heterocycles. The topological polar surface area (TPSA) is 48.1 Å². The van der Waals surface area contributed by atoms with Crippen LogP contribution in [0, 0.1) is 0 Å². The SMILES string of the molecule is CC(C)(C)[Si](C)(C)NCCCNCCNCCCN[Si](C)(C)C(C)(C)C. The lowest BCUT2D eigenvalue weighted by Gasteiger charge is -2.37. The normalized spacial score (nSPS) is 14.1. The Morgan fingerprint density at radius 2 is 0.808 bits per heavy atom. The van der Waals surface area contributed by atoms with Crippen molar-refractivity contribution in [3.8, 4) is 0 Å². The van der Waals surface area contributed by atoms with E-state index in [-0.39, 0.29) is 0 Å². The number of rotatable bonds is 13. The van der Waals surface area contributed by atoms with Crippen LogP contribution in [0.25, 0.3) is 0 Å². The van der Waals surface area contributed by atoms with E-state index in [4.69, 9.17) is 0 Å². The summed E-state index contributed by atoms with van der Waals surface area (Å²) in [6, 6.07) is 0. The summed E-state index contributed by atoms with van der Waals surface area (Å²) in [6.07, 6.45) is 2.42. The first-order valence-electron chi connectivity index (χ1n) is 10.6. The van der Waals surface area contributed by atoms with Crippen molar-refractivity contribution in [1.82, 2.24) is 20.6 Å². The fraction of sp³-hybridized carbons (Fsp3) is 1.00. The first-order valence-corrected chi connectivity index (χ1v) is 16.6. The van der Waals surface area contributed by atoms with E-state index in [2.05, 4.69) is 88.3 Å². The molecule has 0 fully saturated rings. The van der Waals surface area contributed by atoms with Gasteiger partial charge >= 0.3 is 0 Å². The van der Waals surface area contributed by atoms with Crippen LogP contribution < -0.4 is 20.6 Å². The van der Waals surface area contributed by atoms with Crippen molar-refractivity contribution in [3.05, 3.63) is 0 Å². The molecule has 0 aromatic carbocycles. The van der Waals surface area contributed by atoms with Crippen molar-refractivity contribution in [3.63, 3.8) is 0 Å². The summed E-state index contributed by atoms with van der Waals surface area (Å²) in [5.74, 6) is 0. The van der Waals surface area contributed by atoms with E-state index in [1.165, 1.54) is 12.8 Å². The lowest BCUT2D eigenvalue weighted by Crippen LogP contribution is -2.52. The third-order valence-corrected chi connectivity index (χ3v) is 16.2. The Morgan fingerprint density at radius 3 is 1.08 bits per heavy atom. The third-order valence-electron chi connectivity index (χ3n) is 6.42. The summed E-state index contributed by atoms with van der Waals surface area (Å²) >= 11 is 0. The van der Waals surface area contributed by atoms with Crippen molar-refractivity contribution >= 4 is 16.5 Å². The van der Waals surface area contributed by atoms with E-state index >= 15 is 0 Å². The summed E-state index contributed by atoms with van der Waals surface area (Å²) < 4.78 is 0. The Labute approximate surface area is 167 Å². The zero-order valence-electron chi connectivity index (χ0n) is 19.7. The largest absolute Gasteiger partial charge is 0.337 e. The molecule has 0 bridgehead atoms. The molecule has 0 aromatic heterocycles. The molecule has 0 aliphatic rings. The van der Waals surface area contributed by atoms with Gasteiger partial charge in [0.05, 0.1) is 0 Å². The maximum atomic E-state index is 3.83. The van der Waals surface area contributed by atoms with E-state index < -0.39 is 16.5 Å². The fourth-order valence-electron chi connectivity index (χ4n) is 2.19. The molecule has 0 saturated heterocycles. The molecular weight excluding hydrogens is 352 g/mol. The van der Waals surface area contributed by atoms with Crippen LogP contribution in [0.15, 0.2) is 0 Å². The van der Waals surface area contributed by atoms with Gasteiger partial charge in [0.25, 0.3) is 0 Å². The Bertz CT molecular complexity index is 335. The van der Waals surface area contributed by atoms with Gasteiger partial charge in [-0.25, -0.2) is 0 Å². The molecule has 4 nitrogen and oxygen atoms in total. The van der Waals surface area contributed by atoms with E-state index in [1.807, 2.05) is 0 Å². The molecule has 0 atom stereocenters. The molecule has 158 valence electrons. The molecule has 4 N–H and O–H groups in total. The minimum atomic E-state index is -1.32. The number of hydrogen-bond donors (Lipinski definition) is 4. The minimum Gasteiger partial charge on any atom is -0.337 e. The molecule has 0 heterocycles. The second-order valence-electron chi connectivity index (χ2n) is 10.8. The lowest BCUT2D eigenvalue weighted by molar-refractivity contribution is 0.575. The van der Waals surface area contributed by atoms with Crippen LogP contribution in [0.2, 0.25) is 36.3 Å². The average Bonchev–Trinajstić information content (AvgIpc) is 2.45. The van der Waals surface area contributed by atoms with Crippen LogP contribution in [-0.4, -0.2) is 55.7 Å². The second-order valence-corrected chi connectivity index (χ2v) is 21.0. The summed E-state index contributed by atoms with van der Waals surface area (Å²) in [5, 5.41) is 7.94. The molecule has 0 aliphatic carbocycles. The van der Waals surface area contributed by atoms with Crippen molar-refractivity contribution < 1.29 is 0 Å². The van der Waals surface area contributed by atoms with Gasteiger partial charge in [-0.15, -0.1) is 0 Å². The van der Waals surface area contributed by atoms with Crippen molar-refractivity contribution in [2.24, 2.45) is 0 Å². The lowest BCUT2D eigenvalue weighted by atomic mass is 10.2. The molecule has 6 heteroatoms. The molecule has 0 unspecified atom stereocenters. The summed E-state index contributed by atoms with van der Waals surface area (Å²) in [5.41, 5.74) is 0.